The quantitative estimate of drug-likeness (QED) is 0.364. The van der Waals surface area contributed by atoms with Crippen molar-refractivity contribution in [3.8, 4) is 0 Å². The van der Waals surface area contributed by atoms with Crippen molar-refractivity contribution in [2.24, 2.45) is 18.0 Å². The second-order valence-corrected chi connectivity index (χ2v) is 7.04. The molecule has 154 valence electrons. The molecule has 1 aromatic carbocycles. The molecule has 0 amide bonds. The number of nitrogens with one attached hydrogen (secondary N) is 2. The lowest BCUT2D eigenvalue weighted by molar-refractivity contribution is -0.0265. The van der Waals surface area contributed by atoms with Crippen molar-refractivity contribution < 1.29 is 4.74 Å². The molecule has 0 saturated carbocycles. The number of benzene rings is 1. The molecule has 0 spiro atoms. The summed E-state index contributed by atoms with van der Waals surface area (Å²) in [4.78, 5) is 4.64. The van der Waals surface area contributed by atoms with E-state index in [4.69, 9.17) is 4.74 Å². The largest absolute Gasteiger partial charge is 0.373 e. The molecule has 2 heterocycles. The van der Waals surface area contributed by atoms with Crippen LogP contribution in [0.1, 0.15) is 42.8 Å². The van der Waals surface area contributed by atoms with Gasteiger partial charge in [0, 0.05) is 32.7 Å². The Kier molecular flexibility index (Phi) is 9.17. The van der Waals surface area contributed by atoms with Gasteiger partial charge in [-0.1, -0.05) is 29.8 Å². The molecule has 7 nitrogen and oxygen atoms in total. The van der Waals surface area contributed by atoms with Crippen LogP contribution in [0.2, 0.25) is 0 Å². The summed E-state index contributed by atoms with van der Waals surface area (Å²) in [6, 6.07) is 8.69. The van der Waals surface area contributed by atoms with E-state index in [0.717, 1.165) is 44.3 Å². The molecule has 8 heteroatoms. The van der Waals surface area contributed by atoms with Crippen LogP contribution in [0, 0.1) is 12.8 Å². The van der Waals surface area contributed by atoms with Crippen molar-refractivity contribution in [3.05, 3.63) is 47.5 Å². The maximum atomic E-state index is 6.12. The van der Waals surface area contributed by atoms with Gasteiger partial charge in [0.05, 0.1) is 6.10 Å². The van der Waals surface area contributed by atoms with Gasteiger partial charge < -0.3 is 19.9 Å². The van der Waals surface area contributed by atoms with Gasteiger partial charge in [0.15, 0.2) is 11.8 Å². The van der Waals surface area contributed by atoms with Crippen molar-refractivity contribution >= 4 is 29.9 Å². The molecule has 2 atom stereocenters. The lowest BCUT2D eigenvalue weighted by Crippen LogP contribution is -2.42. The second-order valence-electron chi connectivity index (χ2n) is 7.04. The van der Waals surface area contributed by atoms with E-state index >= 15 is 0 Å². The maximum Gasteiger partial charge on any atom is 0.191 e. The van der Waals surface area contributed by atoms with Crippen molar-refractivity contribution in [1.82, 2.24) is 25.4 Å². The van der Waals surface area contributed by atoms with Gasteiger partial charge in [0.25, 0.3) is 0 Å². The number of rotatable bonds is 6. The SMILES string of the molecule is CCNC(=NCc1nncn1C)NCC1CCCOC1c1ccc(C)cc1.I. The number of aryl methyl sites for hydroxylation is 2. The third-order valence-electron chi connectivity index (χ3n) is 4.91. The molecule has 1 aliphatic heterocycles. The van der Waals surface area contributed by atoms with Crippen LogP contribution in [0.5, 0.6) is 0 Å². The summed E-state index contributed by atoms with van der Waals surface area (Å²) in [5.74, 6) is 2.06. The van der Waals surface area contributed by atoms with Crippen molar-refractivity contribution in [2.75, 3.05) is 19.7 Å². The Hall–Kier alpha value is -1.68. The van der Waals surface area contributed by atoms with Crippen LogP contribution in [0.4, 0.5) is 0 Å². The van der Waals surface area contributed by atoms with Gasteiger partial charge >= 0.3 is 0 Å². The molecule has 2 N–H and O–H groups in total. The molecule has 1 saturated heterocycles. The van der Waals surface area contributed by atoms with Crippen LogP contribution < -0.4 is 10.6 Å². The minimum absolute atomic E-state index is 0. The lowest BCUT2D eigenvalue weighted by Gasteiger charge is -2.32. The monoisotopic (exact) mass is 498 g/mol. The molecule has 1 aromatic heterocycles. The summed E-state index contributed by atoms with van der Waals surface area (Å²) in [7, 11) is 1.93. The topological polar surface area (TPSA) is 76.4 Å². The summed E-state index contributed by atoms with van der Waals surface area (Å²) in [6.45, 7) is 7.14. The molecule has 2 unspecified atom stereocenters. The number of halogens is 1. The minimum Gasteiger partial charge on any atom is -0.373 e. The molecule has 0 bridgehead atoms. The predicted octanol–water partition coefficient (Wildman–Crippen LogP) is 2.96. The molecule has 1 fully saturated rings. The Morgan fingerprint density at radius 1 is 1.29 bits per heavy atom. The van der Waals surface area contributed by atoms with Gasteiger partial charge in [-0.2, -0.15) is 0 Å². The fourth-order valence-corrected chi connectivity index (χ4v) is 3.35. The summed E-state index contributed by atoms with van der Waals surface area (Å²) in [6.07, 6.45) is 4.07. The molecule has 28 heavy (non-hydrogen) atoms. The van der Waals surface area contributed by atoms with Gasteiger partial charge in [-0.15, -0.1) is 34.2 Å². The third-order valence-corrected chi connectivity index (χ3v) is 4.91. The smallest absolute Gasteiger partial charge is 0.191 e. The average Bonchev–Trinajstić information content (AvgIpc) is 3.10. The van der Waals surface area contributed by atoms with Crippen molar-refractivity contribution in [1.29, 1.82) is 0 Å². The van der Waals surface area contributed by atoms with E-state index in [1.165, 1.54) is 11.1 Å². The Balaban J connectivity index is 0.00000280. The first-order chi connectivity index (χ1) is 13.2. The summed E-state index contributed by atoms with van der Waals surface area (Å²) < 4.78 is 8.01. The standard InChI is InChI=1S/C20H30N6O.HI/c1-4-21-20(23-13-18-25-24-14-26(18)3)22-12-17-6-5-11-27-19(17)16-9-7-15(2)8-10-16;/h7-10,14,17,19H,4-6,11-13H2,1-3H3,(H2,21,22,23);1H. The zero-order chi connectivity index (χ0) is 19.1. The number of nitrogens with zero attached hydrogens (tertiary/aromatic N) is 4. The van der Waals surface area contributed by atoms with E-state index < -0.39 is 0 Å². The predicted molar refractivity (Wildman–Crippen MR) is 122 cm³/mol. The van der Waals surface area contributed by atoms with Crippen LogP contribution in [0.25, 0.3) is 0 Å². The number of hydrogen-bond acceptors (Lipinski definition) is 4. The number of aromatic nitrogens is 3. The van der Waals surface area contributed by atoms with Gasteiger partial charge in [-0.3, -0.25) is 0 Å². The number of hydrogen-bond donors (Lipinski definition) is 2. The van der Waals surface area contributed by atoms with E-state index in [-0.39, 0.29) is 30.1 Å². The van der Waals surface area contributed by atoms with E-state index in [2.05, 4.69) is 63.9 Å². The van der Waals surface area contributed by atoms with E-state index in [1.54, 1.807) is 6.33 Å². The highest BCUT2D eigenvalue weighted by Crippen LogP contribution is 2.33. The fraction of sp³-hybridized carbons (Fsp3) is 0.550. The summed E-state index contributed by atoms with van der Waals surface area (Å²) in [5.41, 5.74) is 2.53. The third kappa shape index (κ3) is 6.16. The summed E-state index contributed by atoms with van der Waals surface area (Å²) >= 11 is 0. The Morgan fingerprint density at radius 3 is 2.75 bits per heavy atom. The molecule has 1 aliphatic rings. The highest BCUT2D eigenvalue weighted by molar-refractivity contribution is 14.0. The van der Waals surface area contributed by atoms with Crippen molar-refractivity contribution in [3.63, 3.8) is 0 Å². The highest BCUT2D eigenvalue weighted by Gasteiger charge is 2.27. The van der Waals surface area contributed by atoms with Crippen LogP contribution in [0.15, 0.2) is 35.6 Å². The highest BCUT2D eigenvalue weighted by atomic mass is 127. The van der Waals surface area contributed by atoms with Crippen LogP contribution in [-0.2, 0) is 18.3 Å². The molecular formula is C20H31IN6O. The average molecular weight is 498 g/mol. The molecular weight excluding hydrogens is 467 g/mol. The normalized spacial score (nSPS) is 19.8. The summed E-state index contributed by atoms with van der Waals surface area (Å²) in [5, 5.41) is 14.8. The fourth-order valence-electron chi connectivity index (χ4n) is 3.35. The van der Waals surface area contributed by atoms with Gasteiger partial charge in [-0.05, 0) is 32.3 Å². The van der Waals surface area contributed by atoms with Gasteiger partial charge in [0.1, 0.15) is 12.9 Å². The first-order valence-electron chi connectivity index (χ1n) is 9.70. The van der Waals surface area contributed by atoms with E-state index in [1.807, 2.05) is 11.6 Å². The molecule has 0 aliphatic carbocycles. The first-order valence-corrected chi connectivity index (χ1v) is 9.70. The first kappa shape index (κ1) is 22.6. The van der Waals surface area contributed by atoms with E-state index in [9.17, 15) is 0 Å². The molecule has 3 rings (SSSR count). The number of guanidine groups is 1. The second kappa shape index (κ2) is 11.4. The lowest BCUT2D eigenvalue weighted by atomic mass is 9.89. The molecule has 0 radical (unpaired) electrons. The van der Waals surface area contributed by atoms with Crippen LogP contribution in [-0.4, -0.2) is 40.4 Å². The van der Waals surface area contributed by atoms with E-state index in [0.29, 0.717) is 12.5 Å². The van der Waals surface area contributed by atoms with Crippen LogP contribution >= 0.6 is 24.0 Å². The minimum atomic E-state index is 0. The Labute approximate surface area is 184 Å². The number of ether oxygens (including phenoxy) is 1. The van der Waals surface area contributed by atoms with Gasteiger partial charge in [-0.25, -0.2) is 4.99 Å². The van der Waals surface area contributed by atoms with Gasteiger partial charge in [0.2, 0.25) is 0 Å². The van der Waals surface area contributed by atoms with Crippen LogP contribution in [0.3, 0.4) is 0 Å². The molecule has 2 aromatic rings. The Morgan fingerprint density at radius 2 is 2.07 bits per heavy atom. The van der Waals surface area contributed by atoms with Crippen molar-refractivity contribution in [2.45, 2.75) is 39.3 Å². The zero-order valence-corrected chi connectivity index (χ0v) is 19.2. The zero-order valence-electron chi connectivity index (χ0n) is 16.9. The maximum absolute atomic E-state index is 6.12. The Bertz CT molecular complexity index is 745. The number of aliphatic imine (C=N–C) groups is 1.